The molecule has 0 radical (unpaired) electrons. The Balaban J connectivity index is 1.51. The molecule has 5 heteroatoms. The second-order valence-electron chi connectivity index (χ2n) is 7.33. The number of hydrogen-bond donors (Lipinski definition) is 0. The molecule has 7 aromatic rings. The summed E-state index contributed by atoms with van der Waals surface area (Å²) in [6.45, 7) is 0. The molecule has 0 fully saturated rings. The maximum absolute atomic E-state index is 6.50. The van der Waals surface area contributed by atoms with Gasteiger partial charge in [-0.1, -0.05) is 48.0 Å². The quantitative estimate of drug-likeness (QED) is 0.254. The fourth-order valence-electron chi connectivity index (χ4n) is 4.23. The summed E-state index contributed by atoms with van der Waals surface area (Å²) < 4.78 is 11.1. The molecule has 0 N–H and O–H groups in total. The highest BCUT2D eigenvalue weighted by molar-refractivity contribution is 7.26. The maximum atomic E-state index is 6.50. The predicted molar refractivity (Wildman–Crippen MR) is 130 cm³/mol. The van der Waals surface area contributed by atoms with Crippen molar-refractivity contribution in [3.05, 3.63) is 77.8 Å². The molecule has 3 heterocycles. The molecule has 0 aliphatic rings. The van der Waals surface area contributed by atoms with Crippen LogP contribution in [0.25, 0.3) is 62.9 Å². The largest absolute Gasteiger partial charge is 0.436 e. The number of nitrogens with zero attached hydrogens (tertiary/aromatic N) is 1. The van der Waals surface area contributed by atoms with Crippen LogP contribution < -0.4 is 0 Å². The van der Waals surface area contributed by atoms with Gasteiger partial charge in [0.25, 0.3) is 0 Å². The van der Waals surface area contributed by atoms with Gasteiger partial charge in [-0.25, -0.2) is 4.98 Å². The van der Waals surface area contributed by atoms with Gasteiger partial charge in [0.1, 0.15) is 5.52 Å². The topological polar surface area (TPSA) is 26.0 Å². The molecule has 30 heavy (non-hydrogen) atoms. The van der Waals surface area contributed by atoms with Crippen molar-refractivity contribution >= 4 is 85.7 Å². The van der Waals surface area contributed by atoms with Crippen LogP contribution in [0.3, 0.4) is 0 Å². The third kappa shape index (κ3) is 2.27. The summed E-state index contributed by atoms with van der Waals surface area (Å²) in [4.78, 5) is 4.86. The standard InChI is InChI=1S/C25H12ClNOS2/c26-17-8-4-10-21-23(17)16-11-19-18(12-22(16)29-21)27-25(28-19)15-7-3-6-14-13-5-1-2-9-20(13)30-24(14)15/h1-12H. The SMILES string of the molecule is Clc1cccc2sc3cc4nc(-c5cccc6c5sc5ccccc56)oc4cc3c12. The van der Waals surface area contributed by atoms with Crippen LogP contribution in [0.15, 0.2) is 77.2 Å². The van der Waals surface area contributed by atoms with Crippen molar-refractivity contribution in [1.29, 1.82) is 0 Å². The molecule has 0 spiro atoms. The fraction of sp³-hybridized carbons (Fsp3) is 0. The van der Waals surface area contributed by atoms with E-state index < -0.39 is 0 Å². The van der Waals surface area contributed by atoms with E-state index in [0.29, 0.717) is 5.89 Å². The van der Waals surface area contributed by atoms with E-state index >= 15 is 0 Å². The molecule has 3 aromatic heterocycles. The Morgan fingerprint density at radius 2 is 1.57 bits per heavy atom. The molecular formula is C25H12ClNOS2. The Labute approximate surface area is 183 Å². The average Bonchev–Trinajstić information content (AvgIpc) is 3.44. The number of hydrogen-bond acceptors (Lipinski definition) is 4. The van der Waals surface area contributed by atoms with Crippen LogP contribution >= 0.6 is 34.3 Å². The van der Waals surface area contributed by atoms with E-state index in [4.69, 9.17) is 21.0 Å². The lowest BCUT2D eigenvalue weighted by atomic mass is 10.1. The predicted octanol–water partition coefficient (Wildman–Crippen LogP) is 8.88. The lowest BCUT2D eigenvalue weighted by Gasteiger charge is -1.97. The molecule has 0 saturated carbocycles. The molecule has 0 saturated heterocycles. The zero-order valence-corrected chi connectivity index (χ0v) is 17.9. The minimum Gasteiger partial charge on any atom is -0.436 e. The summed E-state index contributed by atoms with van der Waals surface area (Å²) in [5.41, 5.74) is 2.70. The minimum atomic E-state index is 0.662. The van der Waals surface area contributed by atoms with E-state index in [1.54, 1.807) is 22.7 Å². The van der Waals surface area contributed by atoms with Crippen LogP contribution in [0.1, 0.15) is 0 Å². The Kier molecular flexibility index (Phi) is 3.39. The first kappa shape index (κ1) is 16.8. The number of aromatic nitrogens is 1. The van der Waals surface area contributed by atoms with Crippen molar-refractivity contribution in [3.63, 3.8) is 0 Å². The molecule has 0 atom stereocenters. The third-order valence-electron chi connectivity index (χ3n) is 5.59. The molecule has 2 nitrogen and oxygen atoms in total. The Hall–Kier alpha value is -2.92. The molecule has 7 rings (SSSR count). The van der Waals surface area contributed by atoms with Gasteiger partial charge >= 0.3 is 0 Å². The van der Waals surface area contributed by atoms with Crippen LogP contribution in [0, 0.1) is 0 Å². The minimum absolute atomic E-state index is 0.662. The summed E-state index contributed by atoms with van der Waals surface area (Å²) in [6, 6.07) is 25.1. The first-order valence-electron chi connectivity index (χ1n) is 9.58. The monoisotopic (exact) mass is 441 g/mol. The van der Waals surface area contributed by atoms with Crippen molar-refractivity contribution in [2.45, 2.75) is 0 Å². The van der Waals surface area contributed by atoms with Crippen molar-refractivity contribution in [2.24, 2.45) is 0 Å². The summed E-state index contributed by atoms with van der Waals surface area (Å²) in [7, 11) is 0. The number of oxazole rings is 1. The van der Waals surface area contributed by atoms with Crippen molar-refractivity contribution in [1.82, 2.24) is 4.98 Å². The molecular weight excluding hydrogens is 430 g/mol. The number of benzene rings is 4. The lowest BCUT2D eigenvalue weighted by Crippen LogP contribution is -1.77. The average molecular weight is 442 g/mol. The van der Waals surface area contributed by atoms with Gasteiger partial charge in [-0.2, -0.15) is 0 Å². The smallest absolute Gasteiger partial charge is 0.228 e. The first-order valence-corrected chi connectivity index (χ1v) is 11.6. The van der Waals surface area contributed by atoms with Crippen molar-refractivity contribution in [3.8, 4) is 11.5 Å². The van der Waals surface area contributed by atoms with Crippen LogP contribution in [0.2, 0.25) is 5.02 Å². The van der Waals surface area contributed by atoms with Crippen LogP contribution in [-0.2, 0) is 0 Å². The van der Waals surface area contributed by atoms with Gasteiger partial charge in [0.05, 0.1) is 5.56 Å². The van der Waals surface area contributed by atoms with Gasteiger partial charge < -0.3 is 4.42 Å². The van der Waals surface area contributed by atoms with E-state index in [9.17, 15) is 0 Å². The molecule has 0 amide bonds. The maximum Gasteiger partial charge on any atom is 0.228 e. The number of halogens is 1. The van der Waals surface area contributed by atoms with E-state index in [-0.39, 0.29) is 0 Å². The van der Waals surface area contributed by atoms with Gasteiger partial charge in [0, 0.05) is 45.4 Å². The Morgan fingerprint density at radius 3 is 2.53 bits per heavy atom. The van der Waals surface area contributed by atoms with Crippen LogP contribution in [0.5, 0.6) is 0 Å². The second-order valence-corrected chi connectivity index (χ2v) is 9.87. The van der Waals surface area contributed by atoms with Gasteiger partial charge in [0.2, 0.25) is 5.89 Å². The third-order valence-corrected chi connectivity index (χ3v) is 8.24. The zero-order chi connectivity index (χ0) is 19.8. The molecule has 0 aliphatic heterocycles. The summed E-state index contributed by atoms with van der Waals surface area (Å²) in [5.74, 6) is 0.662. The number of rotatable bonds is 1. The van der Waals surface area contributed by atoms with E-state index in [1.807, 2.05) is 12.1 Å². The van der Waals surface area contributed by atoms with Gasteiger partial charge in [0.15, 0.2) is 5.58 Å². The highest BCUT2D eigenvalue weighted by Gasteiger charge is 2.17. The molecule has 0 bridgehead atoms. The second kappa shape index (κ2) is 6.05. The highest BCUT2D eigenvalue weighted by Crippen LogP contribution is 2.42. The van der Waals surface area contributed by atoms with Crippen molar-refractivity contribution in [2.75, 3.05) is 0 Å². The Bertz CT molecular complexity index is 1770. The summed E-state index contributed by atoms with van der Waals surface area (Å²) in [5, 5.41) is 5.50. The van der Waals surface area contributed by atoms with E-state index in [1.165, 1.54) is 29.6 Å². The van der Waals surface area contributed by atoms with E-state index in [0.717, 1.165) is 32.5 Å². The molecule has 0 unspecified atom stereocenters. The molecule has 0 aliphatic carbocycles. The van der Waals surface area contributed by atoms with Crippen LogP contribution in [-0.4, -0.2) is 4.98 Å². The van der Waals surface area contributed by atoms with Gasteiger partial charge in [-0.3, -0.25) is 0 Å². The normalized spacial score (nSPS) is 12.2. The van der Waals surface area contributed by atoms with Gasteiger partial charge in [-0.15, -0.1) is 22.7 Å². The first-order chi connectivity index (χ1) is 14.8. The lowest BCUT2D eigenvalue weighted by molar-refractivity contribution is 0.621. The Morgan fingerprint density at radius 1 is 0.733 bits per heavy atom. The highest BCUT2D eigenvalue weighted by atomic mass is 35.5. The molecule has 142 valence electrons. The summed E-state index contributed by atoms with van der Waals surface area (Å²) in [6.07, 6.45) is 0. The molecule has 4 aromatic carbocycles. The van der Waals surface area contributed by atoms with Crippen molar-refractivity contribution < 1.29 is 4.42 Å². The zero-order valence-electron chi connectivity index (χ0n) is 15.5. The summed E-state index contributed by atoms with van der Waals surface area (Å²) >= 11 is 10.0. The number of thiophene rings is 2. The van der Waals surface area contributed by atoms with Gasteiger partial charge in [-0.05, 0) is 36.4 Å². The van der Waals surface area contributed by atoms with Crippen LogP contribution in [0.4, 0.5) is 0 Å². The fourth-order valence-corrected chi connectivity index (χ4v) is 6.92. The number of fused-ring (bicyclic) bond motifs is 7. The van der Waals surface area contributed by atoms with E-state index in [2.05, 4.69) is 60.7 Å².